The largest absolute Gasteiger partial charge is 0.465 e. The van der Waals surface area contributed by atoms with Crippen molar-refractivity contribution >= 4 is 11.9 Å². The van der Waals surface area contributed by atoms with E-state index in [1.165, 1.54) is 0 Å². The average Bonchev–Trinajstić information content (AvgIpc) is 2.36. The summed E-state index contributed by atoms with van der Waals surface area (Å²) in [6.45, 7) is 4.43. The first-order valence-electron chi connectivity index (χ1n) is 7.45. The SMILES string of the molecule is C[C@@H]1CCC[C@](C)(O)CCCN(C)C(=O)CCOC1=O. The minimum Gasteiger partial charge on any atom is -0.465 e. The van der Waals surface area contributed by atoms with Crippen molar-refractivity contribution in [2.45, 2.75) is 58.0 Å². The van der Waals surface area contributed by atoms with Crippen molar-refractivity contribution in [1.82, 2.24) is 4.90 Å². The molecule has 0 bridgehead atoms. The van der Waals surface area contributed by atoms with Gasteiger partial charge in [0.1, 0.15) is 6.61 Å². The van der Waals surface area contributed by atoms with Crippen LogP contribution in [0.2, 0.25) is 0 Å². The number of carbonyl (C=O) groups is 2. The molecular formula is C15H27NO4. The molecule has 1 saturated heterocycles. The molecule has 1 aliphatic rings. The van der Waals surface area contributed by atoms with E-state index in [1.54, 1.807) is 11.9 Å². The second-order valence-corrected chi connectivity index (χ2v) is 6.13. The summed E-state index contributed by atoms with van der Waals surface area (Å²) in [5.41, 5.74) is -0.725. The molecule has 116 valence electrons. The van der Waals surface area contributed by atoms with E-state index in [1.807, 2.05) is 13.8 Å². The van der Waals surface area contributed by atoms with Crippen LogP contribution in [-0.2, 0) is 14.3 Å². The van der Waals surface area contributed by atoms with Gasteiger partial charge in [-0.25, -0.2) is 0 Å². The van der Waals surface area contributed by atoms with Crippen LogP contribution in [-0.4, -0.2) is 47.7 Å². The molecule has 5 nitrogen and oxygen atoms in total. The molecule has 1 amide bonds. The van der Waals surface area contributed by atoms with Gasteiger partial charge in [0.05, 0.1) is 17.9 Å². The third-order valence-corrected chi connectivity index (χ3v) is 3.95. The molecule has 0 aromatic heterocycles. The standard InChI is InChI=1S/C15H27NO4/c1-12-6-4-8-15(2,19)9-5-10-16(3)13(17)7-11-20-14(12)18/h12,19H,4-11H2,1-3H3/t12-,15+/m1/s1. The topological polar surface area (TPSA) is 66.8 Å². The molecule has 0 aliphatic carbocycles. The number of esters is 1. The molecule has 0 unspecified atom stereocenters. The Kier molecular flexibility index (Phi) is 6.46. The fourth-order valence-corrected chi connectivity index (χ4v) is 2.43. The number of amides is 1. The predicted molar refractivity (Wildman–Crippen MR) is 76.1 cm³/mol. The van der Waals surface area contributed by atoms with Crippen LogP contribution in [0.3, 0.4) is 0 Å². The summed E-state index contributed by atoms with van der Waals surface area (Å²) in [4.78, 5) is 25.2. The molecule has 20 heavy (non-hydrogen) atoms. The van der Waals surface area contributed by atoms with E-state index >= 15 is 0 Å². The van der Waals surface area contributed by atoms with Crippen LogP contribution in [0, 0.1) is 5.92 Å². The fourth-order valence-electron chi connectivity index (χ4n) is 2.43. The van der Waals surface area contributed by atoms with Crippen LogP contribution in [0.4, 0.5) is 0 Å². The van der Waals surface area contributed by atoms with Crippen molar-refractivity contribution in [3.05, 3.63) is 0 Å². The zero-order valence-electron chi connectivity index (χ0n) is 12.9. The number of hydrogen-bond acceptors (Lipinski definition) is 4. The van der Waals surface area contributed by atoms with Crippen molar-refractivity contribution in [1.29, 1.82) is 0 Å². The Hall–Kier alpha value is -1.10. The summed E-state index contributed by atoms with van der Waals surface area (Å²) < 4.78 is 5.12. The third-order valence-electron chi connectivity index (χ3n) is 3.95. The molecule has 0 saturated carbocycles. The zero-order valence-corrected chi connectivity index (χ0v) is 12.9. The van der Waals surface area contributed by atoms with Gasteiger partial charge in [0, 0.05) is 13.6 Å². The first kappa shape index (κ1) is 17.0. The first-order valence-corrected chi connectivity index (χ1v) is 7.45. The number of ether oxygens (including phenoxy) is 1. The Morgan fingerprint density at radius 2 is 1.95 bits per heavy atom. The van der Waals surface area contributed by atoms with Crippen molar-refractivity contribution in [3.8, 4) is 0 Å². The molecule has 1 heterocycles. The highest BCUT2D eigenvalue weighted by molar-refractivity contribution is 5.77. The number of nitrogens with zero attached hydrogens (tertiary/aromatic N) is 1. The summed E-state index contributed by atoms with van der Waals surface area (Å²) in [7, 11) is 1.74. The summed E-state index contributed by atoms with van der Waals surface area (Å²) in [5.74, 6) is -0.458. The number of rotatable bonds is 0. The van der Waals surface area contributed by atoms with E-state index in [0.717, 1.165) is 12.8 Å². The van der Waals surface area contributed by atoms with Gasteiger partial charge in [-0.1, -0.05) is 6.92 Å². The summed E-state index contributed by atoms with van der Waals surface area (Å²) in [6.07, 6.45) is 3.86. The maximum absolute atomic E-state index is 11.8. The van der Waals surface area contributed by atoms with Crippen molar-refractivity contribution in [2.24, 2.45) is 5.92 Å². The highest BCUT2D eigenvalue weighted by Crippen LogP contribution is 2.22. The molecule has 0 aromatic carbocycles. The molecular weight excluding hydrogens is 258 g/mol. The highest BCUT2D eigenvalue weighted by atomic mass is 16.5. The minimum absolute atomic E-state index is 0.0258. The Morgan fingerprint density at radius 1 is 1.30 bits per heavy atom. The van der Waals surface area contributed by atoms with Crippen molar-refractivity contribution in [3.63, 3.8) is 0 Å². The van der Waals surface area contributed by atoms with Gasteiger partial charge in [-0.3, -0.25) is 9.59 Å². The first-order chi connectivity index (χ1) is 9.32. The van der Waals surface area contributed by atoms with E-state index < -0.39 is 5.60 Å². The Balaban J connectivity index is 2.61. The summed E-state index contributed by atoms with van der Waals surface area (Å²) in [6, 6.07) is 0. The van der Waals surface area contributed by atoms with Gasteiger partial charge < -0.3 is 14.7 Å². The van der Waals surface area contributed by atoms with E-state index in [2.05, 4.69) is 0 Å². The lowest BCUT2D eigenvalue weighted by Crippen LogP contribution is -2.32. The van der Waals surface area contributed by atoms with Crippen LogP contribution in [0.25, 0.3) is 0 Å². The van der Waals surface area contributed by atoms with E-state index in [-0.39, 0.29) is 30.8 Å². The van der Waals surface area contributed by atoms with Gasteiger partial charge in [-0.15, -0.1) is 0 Å². The molecule has 0 aromatic rings. The monoisotopic (exact) mass is 285 g/mol. The lowest BCUT2D eigenvalue weighted by Gasteiger charge is -2.26. The van der Waals surface area contributed by atoms with Crippen LogP contribution >= 0.6 is 0 Å². The number of hydrogen-bond donors (Lipinski definition) is 1. The molecule has 0 radical (unpaired) electrons. The maximum atomic E-state index is 11.8. The molecule has 1 aliphatic heterocycles. The summed E-state index contributed by atoms with van der Waals surface area (Å²) >= 11 is 0. The highest BCUT2D eigenvalue weighted by Gasteiger charge is 2.23. The van der Waals surface area contributed by atoms with E-state index in [4.69, 9.17) is 4.74 Å². The third kappa shape index (κ3) is 5.90. The van der Waals surface area contributed by atoms with Gasteiger partial charge in [0.2, 0.25) is 5.91 Å². The minimum atomic E-state index is -0.725. The normalized spacial score (nSPS) is 31.6. The summed E-state index contributed by atoms with van der Waals surface area (Å²) in [5, 5.41) is 10.3. The zero-order chi connectivity index (χ0) is 15.2. The van der Waals surface area contributed by atoms with Gasteiger partial charge >= 0.3 is 5.97 Å². The maximum Gasteiger partial charge on any atom is 0.308 e. The van der Waals surface area contributed by atoms with Crippen molar-refractivity contribution < 1.29 is 19.4 Å². The lowest BCUT2D eigenvalue weighted by atomic mass is 9.91. The fraction of sp³-hybridized carbons (Fsp3) is 0.867. The van der Waals surface area contributed by atoms with Crippen LogP contribution < -0.4 is 0 Å². The van der Waals surface area contributed by atoms with Crippen LogP contribution in [0.5, 0.6) is 0 Å². The number of aliphatic hydroxyl groups is 1. The smallest absolute Gasteiger partial charge is 0.308 e. The lowest BCUT2D eigenvalue weighted by molar-refractivity contribution is -0.149. The molecule has 1 N–H and O–H groups in total. The Labute approximate surface area is 121 Å². The molecule has 1 fully saturated rings. The van der Waals surface area contributed by atoms with E-state index in [9.17, 15) is 14.7 Å². The number of cyclic esters (lactones) is 1. The predicted octanol–water partition coefficient (Wildman–Crippen LogP) is 1.73. The number of carbonyl (C=O) groups excluding carboxylic acids is 2. The molecule has 1 rings (SSSR count). The van der Waals surface area contributed by atoms with Gasteiger partial charge in [-0.05, 0) is 39.0 Å². The van der Waals surface area contributed by atoms with E-state index in [0.29, 0.717) is 25.8 Å². The molecule has 5 heteroatoms. The second-order valence-electron chi connectivity index (χ2n) is 6.13. The average molecular weight is 285 g/mol. The van der Waals surface area contributed by atoms with Gasteiger partial charge in [0.25, 0.3) is 0 Å². The van der Waals surface area contributed by atoms with Crippen LogP contribution in [0.1, 0.15) is 52.4 Å². The molecule has 0 spiro atoms. The Morgan fingerprint density at radius 3 is 2.65 bits per heavy atom. The van der Waals surface area contributed by atoms with Gasteiger partial charge in [0.15, 0.2) is 0 Å². The second kappa shape index (κ2) is 7.62. The van der Waals surface area contributed by atoms with Gasteiger partial charge in [-0.2, -0.15) is 0 Å². The van der Waals surface area contributed by atoms with Crippen LogP contribution in [0.15, 0.2) is 0 Å². The molecule has 2 atom stereocenters. The quantitative estimate of drug-likeness (QED) is 0.688. The Bertz CT molecular complexity index is 311. The van der Waals surface area contributed by atoms with Crippen molar-refractivity contribution in [2.75, 3.05) is 20.2 Å².